The minimum Gasteiger partial charge on any atom is -0.388 e. The number of alkyl halides is 3. The number of amides is 2. The highest BCUT2D eigenvalue weighted by Gasteiger charge is 2.30. The molecule has 23 heavy (non-hydrogen) atoms. The predicted molar refractivity (Wildman–Crippen MR) is 82.4 cm³/mol. The Hall–Kier alpha value is -2.06. The maximum atomic E-state index is 12.6. The van der Waals surface area contributed by atoms with Gasteiger partial charge in [-0.2, -0.15) is 24.5 Å². The molecule has 0 aliphatic rings. The van der Waals surface area contributed by atoms with Crippen molar-refractivity contribution in [3.63, 3.8) is 0 Å². The normalized spacial score (nSPS) is 12.7. The zero-order valence-electron chi connectivity index (χ0n) is 11.9. The van der Waals surface area contributed by atoms with Crippen molar-refractivity contribution in [2.45, 2.75) is 18.7 Å². The molecule has 4 nitrogen and oxygen atoms in total. The van der Waals surface area contributed by atoms with Crippen molar-refractivity contribution in [3.8, 4) is 0 Å². The molecule has 0 spiro atoms. The molecule has 1 unspecified atom stereocenters. The van der Waals surface area contributed by atoms with Crippen molar-refractivity contribution >= 4 is 23.1 Å². The lowest BCUT2D eigenvalue weighted by Gasteiger charge is -2.12. The zero-order chi connectivity index (χ0) is 16.9. The Labute approximate surface area is 135 Å². The van der Waals surface area contributed by atoms with E-state index >= 15 is 0 Å². The Bertz CT molecular complexity index is 644. The molecule has 1 heterocycles. The van der Waals surface area contributed by atoms with Gasteiger partial charge < -0.3 is 15.7 Å². The number of aliphatic hydroxyl groups is 1. The average molecular weight is 344 g/mol. The third-order valence-electron chi connectivity index (χ3n) is 3.08. The number of urea groups is 1. The van der Waals surface area contributed by atoms with E-state index in [4.69, 9.17) is 0 Å². The van der Waals surface area contributed by atoms with Crippen LogP contribution in [-0.4, -0.2) is 17.7 Å². The highest BCUT2D eigenvalue weighted by molar-refractivity contribution is 7.07. The summed E-state index contributed by atoms with van der Waals surface area (Å²) in [4.78, 5) is 11.7. The number of hydrogen-bond donors (Lipinski definition) is 3. The number of anilines is 1. The first-order valence-electron chi connectivity index (χ1n) is 6.78. The van der Waals surface area contributed by atoms with E-state index in [0.717, 1.165) is 17.7 Å². The van der Waals surface area contributed by atoms with Gasteiger partial charge in [0.15, 0.2) is 0 Å². The molecule has 124 valence electrons. The SMILES string of the molecule is O=C(NCCC(O)c1ccsc1)Nc1cccc(C(F)(F)F)c1. The molecule has 2 rings (SSSR count). The van der Waals surface area contributed by atoms with Crippen LogP contribution in [0.1, 0.15) is 23.7 Å². The number of carbonyl (C=O) groups is 1. The van der Waals surface area contributed by atoms with Gasteiger partial charge in [-0.3, -0.25) is 0 Å². The number of thiophene rings is 1. The Balaban J connectivity index is 1.81. The largest absolute Gasteiger partial charge is 0.416 e. The van der Waals surface area contributed by atoms with Crippen LogP contribution in [-0.2, 0) is 6.18 Å². The molecule has 0 saturated carbocycles. The van der Waals surface area contributed by atoms with Crippen LogP contribution in [0.15, 0.2) is 41.1 Å². The van der Waals surface area contributed by atoms with E-state index in [2.05, 4.69) is 10.6 Å². The Morgan fingerprint density at radius 1 is 1.30 bits per heavy atom. The average Bonchev–Trinajstić information content (AvgIpc) is 3.00. The number of aliphatic hydroxyl groups excluding tert-OH is 1. The third kappa shape index (κ3) is 5.26. The van der Waals surface area contributed by atoms with Gasteiger partial charge in [0.25, 0.3) is 0 Å². The summed E-state index contributed by atoms with van der Waals surface area (Å²) < 4.78 is 37.7. The summed E-state index contributed by atoms with van der Waals surface area (Å²) in [5.41, 5.74) is -0.00558. The Kier molecular flexibility index (Phi) is 5.62. The molecule has 0 fully saturated rings. The standard InChI is InChI=1S/C15H15F3N2O2S/c16-15(17,18)11-2-1-3-12(8-11)20-14(22)19-6-4-13(21)10-5-7-23-9-10/h1-3,5,7-9,13,21H,4,6H2,(H2,19,20,22). The molecule has 0 aliphatic heterocycles. The molecule has 1 atom stereocenters. The lowest BCUT2D eigenvalue weighted by atomic mass is 10.1. The summed E-state index contributed by atoms with van der Waals surface area (Å²) in [6.45, 7) is 0.196. The molecule has 0 saturated heterocycles. The van der Waals surface area contributed by atoms with Gasteiger partial charge in [-0.1, -0.05) is 6.07 Å². The van der Waals surface area contributed by atoms with Gasteiger partial charge in [0.05, 0.1) is 11.7 Å². The fourth-order valence-electron chi connectivity index (χ4n) is 1.90. The smallest absolute Gasteiger partial charge is 0.388 e. The highest BCUT2D eigenvalue weighted by Crippen LogP contribution is 2.30. The molecule has 8 heteroatoms. The van der Waals surface area contributed by atoms with Crippen molar-refractivity contribution in [2.75, 3.05) is 11.9 Å². The van der Waals surface area contributed by atoms with Gasteiger partial charge in [-0.05, 0) is 47.0 Å². The van der Waals surface area contributed by atoms with Gasteiger partial charge in [0.1, 0.15) is 0 Å². The molecule has 0 bridgehead atoms. The first kappa shape index (κ1) is 17.3. The summed E-state index contributed by atoms with van der Waals surface area (Å²) in [6.07, 6.45) is -4.83. The van der Waals surface area contributed by atoms with Gasteiger partial charge in [-0.15, -0.1) is 0 Å². The maximum Gasteiger partial charge on any atom is 0.416 e. The molecule has 1 aromatic carbocycles. The molecular weight excluding hydrogens is 329 g/mol. The summed E-state index contributed by atoms with van der Waals surface area (Å²) >= 11 is 1.46. The lowest BCUT2D eigenvalue weighted by Crippen LogP contribution is -2.30. The van der Waals surface area contributed by atoms with E-state index in [1.165, 1.54) is 23.5 Å². The van der Waals surface area contributed by atoms with Crippen LogP contribution >= 0.6 is 11.3 Å². The number of carbonyl (C=O) groups excluding carboxylic acids is 1. The minimum absolute atomic E-state index is 0.0516. The monoisotopic (exact) mass is 344 g/mol. The Morgan fingerprint density at radius 2 is 2.09 bits per heavy atom. The number of benzene rings is 1. The quantitative estimate of drug-likeness (QED) is 0.767. The fourth-order valence-corrected chi connectivity index (χ4v) is 2.61. The second-order valence-electron chi connectivity index (χ2n) is 4.82. The summed E-state index contributed by atoms with van der Waals surface area (Å²) in [5.74, 6) is 0. The van der Waals surface area contributed by atoms with Crippen molar-refractivity contribution < 1.29 is 23.1 Å². The molecule has 1 aromatic heterocycles. The molecule has 2 amide bonds. The van der Waals surface area contributed by atoms with Gasteiger partial charge in [0.2, 0.25) is 0 Å². The highest BCUT2D eigenvalue weighted by atomic mass is 32.1. The van der Waals surface area contributed by atoms with Crippen LogP contribution in [0.25, 0.3) is 0 Å². The third-order valence-corrected chi connectivity index (χ3v) is 3.78. The summed E-state index contributed by atoms with van der Waals surface area (Å²) in [5, 5.41) is 18.3. The van der Waals surface area contributed by atoms with Crippen LogP contribution in [0, 0.1) is 0 Å². The number of halogens is 3. The van der Waals surface area contributed by atoms with Crippen LogP contribution in [0.4, 0.5) is 23.7 Å². The fraction of sp³-hybridized carbons (Fsp3) is 0.267. The van der Waals surface area contributed by atoms with E-state index in [1.807, 2.05) is 10.8 Å². The van der Waals surface area contributed by atoms with Crippen LogP contribution in [0.2, 0.25) is 0 Å². The van der Waals surface area contributed by atoms with Crippen molar-refractivity contribution in [2.24, 2.45) is 0 Å². The maximum absolute atomic E-state index is 12.6. The Morgan fingerprint density at radius 3 is 2.74 bits per heavy atom. The van der Waals surface area contributed by atoms with Crippen LogP contribution in [0.5, 0.6) is 0 Å². The van der Waals surface area contributed by atoms with E-state index < -0.39 is 23.9 Å². The van der Waals surface area contributed by atoms with Gasteiger partial charge in [0, 0.05) is 12.2 Å². The molecular formula is C15H15F3N2O2S. The lowest BCUT2D eigenvalue weighted by molar-refractivity contribution is -0.137. The molecule has 0 radical (unpaired) electrons. The van der Waals surface area contributed by atoms with Crippen molar-refractivity contribution in [1.82, 2.24) is 5.32 Å². The molecule has 0 aliphatic carbocycles. The zero-order valence-corrected chi connectivity index (χ0v) is 12.7. The van der Waals surface area contributed by atoms with Crippen LogP contribution < -0.4 is 10.6 Å². The number of rotatable bonds is 5. The van der Waals surface area contributed by atoms with E-state index in [0.29, 0.717) is 6.42 Å². The van der Waals surface area contributed by atoms with Gasteiger partial charge in [-0.25, -0.2) is 4.79 Å². The van der Waals surface area contributed by atoms with E-state index in [9.17, 15) is 23.1 Å². The second-order valence-corrected chi connectivity index (χ2v) is 5.60. The van der Waals surface area contributed by atoms with E-state index in [-0.39, 0.29) is 12.2 Å². The topological polar surface area (TPSA) is 61.4 Å². The van der Waals surface area contributed by atoms with Crippen LogP contribution in [0.3, 0.4) is 0 Å². The minimum atomic E-state index is -4.46. The predicted octanol–water partition coefficient (Wildman–Crippen LogP) is 4.01. The number of hydrogen-bond acceptors (Lipinski definition) is 3. The van der Waals surface area contributed by atoms with Crippen molar-refractivity contribution in [1.29, 1.82) is 0 Å². The number of nitrogens with one attached hydrogen (secondary N) is 2. The summed E-state index contributed by atoms with van der Waals surface area (Å²) in [7, 11) is 0. The first-order chi connectivity index (χ1) is 10.9. The molecule has 3 N–H and O–H groups in total. The summed E-state index contributed by atoms with van der Waals surface area (Å²) in [6, 6.07) is 5.55. The molecule has 2 aromatic rings. The van der Waals surface area contributed by atoms with E-state index in [1.54, 1.807) is 6.07 Å². The second kappa shape index (κ2) is 7.47. The van der Waals surface area contributed by atoms with Gasteiger partial charge >= 0.3 is 12.2 Å². The first-order valence-corrected chi connectivity index (χ1v) is 7.73. The van der Waals surface area contributed by atoms with Crippen molar-refractivity contribution in [3.05, 3.63) is 52.2 Å².